The Labute approximate surface area is 208 Å². The topological polar surface area (TPSA) is 108 Å². The first kappa shape index (κ1) is 25.3. The zero-order valence-electron chi connectivity index (χ0n) is 18.8. The van der Waals surface area contributed by atoms with Crippen LogP contribution in [0.3, 0.4) is 0 Å². The first-order chi connectivity index (χ1) is 16.5. The average molecular weight is 499 g/mol. The number of aromatic nitrogens is 2. The van der Waals surface area contributed by atoms with Crippen LogP contribution in [-0.2, 0) is 9.59 Å². The molecular formula is C24H27ClN6O2S. The fraction of sp³-hybridized carbons (Fsp3) is 0.250. The van der Waals surface area contributed by atoms with E-state index in [1.54, 1.807) is 18.2 Å². The minimum atomic E-state index is -0.0783. The van der Waals surface area contributed by atoms with Crippen LogP contribution in [0.4, 0.5) is 11.6 Å². The number of benzene rings is 2. The van der Waals surface area contributed by atoms with Crippen LogP contribution in [0.2, 0.25) is 5.02 Å². The van der Waals surface area contributed by atoms with Gasteiger partial charge in [0.05, 0.1) is 5.75 Å². The molecule has 0 saturated heterocycles. The first-order valence-electron chi connectivity index (χ1n) is 10.8. The Hall–Kier alpha value is -3.30. The zero-order chi connectivity index (χ0) is 24.2. The molecule has 0 bridgehead atoms. The van der Waals surface area contributed by atoms with Gasteiger partial charge in [-0.3, -0.25) is 9.59 Å². The van der Waals surface area contributed by atoms with Crippen molar-refractivity contribution < 1.29 is 9.59 Å². The SMILES string of the molecule is CC(=O)NCCNc1cc(NCCNC(=O)CSc2ccc(Cl)cc2)nc(-c2ccccc2)n1. The molecule has 0 radical (unpaired) electrons. The molecule has 0 aliphatic heterocycles. The van der Waals surface area contributed by atoms with Gasteiger partial charge in [0.25, 0.3) is 0 Å². The molecule has 0 aliphatic carbocycles. The first-order valence-corrected chi connectivity index (χ1v) is 12.2. The number of nitrogens with zero attached hydrogens (tertiary/aromatic N) is 2. The quantitative estimate of drug-likeness (QED) is 0.223. The van der Waals surface area contributed by atoms with E-state index in [2.05, 4.69) is 31.2 Å². The minimum absolute atomic E-state index is 0.0465. The molecule has 1 heterocycles. The summed E-state index contributed by atoms with van der Waals surface area (Å²) in [4.78, 5) is 33.4. The van der Waals surface area contributed by atoms with Gasteiger partial charge in [-0.25, -0.2) is 9.97 Å². The Morgan fingerprint density at radius 1 is 0.853 bits per heavy atom. The largest absolute Gasteiger partial charge is 0.368 e. The highest BCUT2D eigenvalue weighted by atomic mass is 35.5. The summed E-state index contributed by atoms with van der Waals surface area (Å²) in [5.74, 6) is 2.07. The van der Waals surface area contributed by atoms with Crippen molar-refractivity contribution in [2.24, 2.45) is 0 Å². The summed E-state index contributed by atoms with van der Waals surface area (Å²) >= 11 is 7.34. The number of carbonyl (C=O) groups excluding carboxylic acids is 2. The van der Waals surface area contributed by atoms with Gasteiger partial charge in [0.2, 0.25) is 11.8 Å². The number of amides is 2. The second-order valence-corrected chi connectivity index (χ2v) is 8.74. The predicted octanol–water partition coefficient (Wildman–Crippen LogP) is 3.67. The number of thioether (sulfide) groups is 1. The van der Waals surface area contributed by atoms with E-state index in [1.165, 1.54) is 18.7 Å². The lowest BCUT2D eigenvalue weighted by atomic mass is 10.2. The summed E-state index contributed by atoms with van der Waals surface area (Å²) in [6.45, 7) is 3.47. The number of halogens is 1. The number of carbonyl (C=O) groups is 2. The van der Waals surface area contributed by atoms with Crippen molar-refractivity contribution in [3.63, 3.8) is 0 Å². The zero-order valence-corrected chi connectivity index (χ0v) is 20.4. The average Bonchev–Trinajstić information content (AvgIpc) is 2.84. The second-order valence-electron chi connectivity index (χ2n) is 7.26. The lowest BCUT2D eigenvalue weighted by molar-refractivity contribution is -0.119. The maximum atomic E-state index is 12.1. The van der Waals surface area contributed by atoms with Crippen LogP contribution >= 0.6 is 23.4 Å². The maximum absolute atomic E-state index is 12.1. The Morgan fingerprint density at radius 2 is 1.47 bits per heavy atom. The van der Waals surface area contributed by atoms with Gasteiger partial charge in [-0.2, -0.15) is 0 Å². The fourth-order valence-electron chi connectivity index (χ4n) is 2.90. The van der Waals surface area contributed by atoms with Gasteiger partial charge in [0, 0.05) is 54.7 Å². The summed E-state index contributed by atoms with van der Waals surface area (Å²) in [5.41, 5.74) is 0.892. The lowest BCUT2D eigenvalue weighted by Crippen LogP contribution is -2.30. The molecule has 0 atom stereocenters. The van der Waals surface area contributed by atoms with Crippen LogP contribution in [-0.4, -0.2) is 53.7 Å². The van der Waals surface area contributed by atoms with Crippen molar-refractivity contribution in [1.29, 1.82) is 0 Å². The predicted molar refractivity (Wildman–Crippen MR) is 138 cm³/mol. The van der Waals surface area contributed by atoms with Crippen molar-refractivity contribution in [1.82, 2.24) is 20.6 Å². The van der Waals surface area contributed by atoms with E-state index in [0.717, 1.165) is 10.5 Å². The second kappa shape index (κ2) is 13.4. The van der Waals surface area contributed by atoms with Gasteiger partial charge in [0.15, 0.2) is 5.82 Å². The molecule has 8 nitrogen and oxygen atoms in total. The molecule has 3 aromatic rings. The lowest BCUT2D eigenvalue weighted by Gasteiger charge is -2.12. The Bertz CT molecular complexity index is 1080. The van der Waals surface area contributed by atoms with Gasteiger partial charge < -0.3 is 21.3 Å². The molecule has 3 rings (SSSR count). The van der Waals surface area contributed by atoms with E-state index in [0.29, 0.717) is 54.4 Å². The molecule has 4 N–H and O–H groups in total. The van der Waals surface area contributed by atoms with E-state index in [9.17, 15) is 9.59 Å². The standard InChI is InChI=1S/C24H27ClN6O2S/c1-17(32)26-11-12-27-21-15-22(31-24(30-21)18-5-3-2-4-6-18)28-13-14-29-23(33)16-34-20-9-7-19(25)8-10-20/h2-10,15H,11-14,16H2,1H3,(H,26,32)(H,29,33)(H2,27,28,30,31). The minimum Gasteiger partial charge on any atom is -0.368 e. The molecule has 0 unspecified atom stereocenters. The summed E-state index contributed by atoms with van der Waals surface area (Å²) in [7, 11) is 0. The highest BCUT2D eigenvalue weighted by Crippen LogP contribution is 2.21. The number of nitrogens with one attached hydrogen (secondary N) is 4. The van der Waals surface area contributed by atoms with E-state index >= 15 is 0 Å². The van der Waals surface area contributed by atoms with Crippen molar-refractivity contribution in [3.8, 4) is 11.4 Å². The summed E-state index contributed by atoms with van der Waals surface area (Å²) < 4.78 is 0. The Balaban J connectivity index is 1.51. The third-order valence-electron chi connectivity index (χ3n) is 4.50. The van der Waals surface area contributed by atoms with Gasteiger partial charge in [-0.05, 0) is 24.3 Å². The van der Waals surface area contributed by atoms with Crippen LogP contribution in [0.25, 0.3) is 11.4 Å². The van der Waals surface area contributed by atoms with Gasteiger partial charge in [-0.1, -0.05) is 41.9 Å². The van der Waals surface area contributed by atoms with E-state index < -0.39 is 0 Å². The molecule has 10 heteroatoms. The van der Waals surface area contributed by atoms with Crippen LogP contribution in [0.5, 0.6) is 0 Å². The van der Waals surface area contributed by atoms with Crippen LogP contribution in [0, 0.1) is 0 Å². The third-order valence-corrected chi connectivity index (χ3v) is 5.76. The summed E-state index contributed by atoms with van der Waals surface area (Å²) in [6.07, 6.45) is 0. The van der Waals surface area contributed by atoms with Crippen molar-refractivity contribution in [2.75, 3.05) is 42.6 Å². The maximum Gasteiger partial charge on any atom is 0.230 e. The Morgan fingerprint density at radius 3 is 2.09 bits per heavy atom. The molecule has 2 aromatic carbocycles. The molecule has 0 spiro atoms. The molecule has 178 valence electrons. The van der Waals surface area contributed by atoms with E-state index in [4.69, 9.17) is 11.6 Å². The smallest absolute Gasteiger partial charge is 0.230 e. The molecular weight excluding hydrogens is 472 g/mol. The van der Waals surface area contributed by atoms with Crippen LogP contribution in [0.15, 0.2) is 65.6 Å². The van der Waals surface area contributed by atoms with E-state index in [-0.39, 0.29) is 11.8 Å². The van der Waals surface area contributed by atoms with Crippen LogP contribution < -0.4 is 21.3 Å². The molecule has 1 aromatic heterocycles. The van der Waals surface area contributed by atoms with Crippen LogP contribution in [0.1, 0.15) is 6.92 Å². The summed E-state index contributed by atoms with van der Waals surface area (Å²) in [5, 5.41) is 12.8. The monoisotopic (exact) mass is 498 g/mol. The van der Waals surface area contributed by atoms with Gasteiger partial charge >= 0.3 is 0 Å². The molecule has 34 heavy (non-hydrogen) atoms. The third kappa shape index (κ3) is 8.92. The van der Waals surface area contributed by atoms with Crippen molar-refractivity contribution in [3.05, 3.63) is 65.7 Å². The van der Waals surface area contributed by atoms with E-state index in [1.807, 2.05) is 42.5 Å². The Kier molecular flexibility index (Phi) is 9.99. The van der Waals surface area contributed by atoms with Gasteiger partial charge in [0.1, 0.15) is 11.6 Å². The molecule has 0 aliphatic rings. The molecule has 2 amide bonds. The van der Waals surface area contributed by atoms with Crippen molar-refractivity contribution >= 4 is 46.8 Å². The fourth-order valence-corrected chi connectivity index (χ4v) is 3.75. The number of rotatable bonds is 12. The number of anilines is 2. The molecule has 0 saturated carbocycles. The number of hydrogen-bond acceptors (Lipinski definition) is 7. The highest BCUT2D eigenvalue weighted by Gasteiger charge is 2.08. The van der Waals surface area contributed by atoms with Crippen molar-refractivity contribution in [2.45, 2.75) is 11.8 Å². The number of hydrogen-bond donors (Lipinski definition) is 4. The molecule has 0 fully saturated rings. The van der Waals surface area contributed by atoms with Gasteiger partial charge in [-0.15, -0.1) is 11.8 Å². The highest BCUT2D eigenvalue weighted by molar-refractivity contribution is 8.00. The normalized spacial score (nSPS) is 10.4. The summed E-state index contributed by atoms with van der Waals surface area (Å²) in [6, 6.07) is 18.9.